The topological polar surface area (TPSA) is 69.1 Å². The van der Waals surface area contributed by atoms with Gasteiger partial charge in [-0.1, -0.05) is 24.0 Å². The molecular weight excluding hydrogens is 188 g/mol. The summed E-state index contributed by atoms with van der Waals surface area (Å²) < 4.78 is 0. The Bertz CT molecular complexity index is 402. The predicted molar refractivity (Wildman–Crippen MR) is 59.9 cm³/mol. The van der Waals surface area contributed by atoms with Crippen molar-refractivity contribution in [3.8, 4) is 11.8 Å². The van der Waals surface area contributed by atoms with Gasteiger partial charge in [-0.05, 0) is 30.7 Å². The van der Waals surface area contributed by atoms with Gasteiger partial charge in [0.05, 0.1) is 6.42 Å². The van der Waals surface area contributed by atoms with Gasteiger partial charge in [-0.25, -0.2) is 0 Å². The van der Waals surface area contributed by atoms with Crippen molar-refractivity contribution in [2.75, 3.05) is 6.54 Å². The van der Waals surface area contributed by atoms with Crippen molar-refractivity contribution in [3.63, 3.8) is 0 Å². The van der Waals surface area contributed by atoms with Crippen LogP contribution in [0.2, 0.25) is 0 Å². The van der Waals surface area contributed by atoms with E-state index < -0.39 is 5.91 Å². The number of carbonyl (C=O) groups excluding carboxylic acids is 1. The van der Waals surface area contributed by atoms with Crippen LogP contribution in [-0.4, -0.2) is 12.5 Å². The lowest BCUT2D eigenvalue weighted by atomic mass is 10.1. The molecule has 0 radical (unpaired) electrons. The van der Waals surface area contributed by atoms with Gasteiger partial charge in [-0.15, -0.1) is 0 Å². The van der Waals surface area contributed by atoms with Crippen molar-refractivity contribution in [3.05, 3.63) is 35.4 Å². The quantitative estimate of drug-likeness (QED) is 0.697. The van der Waals surface area contributed by atoms with Crippen molar-refractivity contribution in [2.45, 2.75) is 12.8 Å². The lowest BCUT2D eigenvalue weighted by Gasteiger charge is -1.98. The van der Waals surface area contributed by atoms with E-state index in [1.807, 2.05) is 24.3 Å². The number of hydrogen-bond acceptors (Lipinski definition) is 2. The molecule has 0 heterocycles. The molecule has 0 saturated heterocycles. The fourth-order valence-electron chi connectivity index (χ4n) is 1.20. The van der Waals surface area contributed by atoms with Gasteiger partial charge in [-0.3, -0.25) is 4.79 Å². The zero-order valence-corrected chi connectivity index (χ0v) is 8.49. The first kappa shape index (κ1) is 11.3. The Morgan fingerprint density at radius 2 is 2.20 bits per heavy atom. The summed E-state index contributed by atoms with van der Waals surface area (Å²) >= 11 is 0. The van der Waals surface area contributed by atoms with E-state index in [1.165, 1.54) is 0 Å². The second-order valence-electron chi connectivity index (χ2n) is 3.18. The first-order chi connectivity index (χ1) is 7.22. The maximum Gasteiger partial charge on any atom is 0.229 e. The molecular formula is C12H14N2O. The van der Waals surface area contributed by atoms with Crippen LogP contribution in [0, 0.1) is 11.8 Å². The SMILES string of the molecule is NCCc1cccc(C#CCC(N)=O)c1. The van der Waals surface area contributed by atoms with E-state index in [4.69, 9.17) is 11.5 Å². The number of rotatable bonds is 3. The number of amides is 1. The average molecular weight is 202 g/mol. The second-order valence-corrected chi connectivity index (χ2v) is 3.18. The molecule has 0 fully saturated rings. The standard InChI is InChI=1S/C12H14N2O/c13-8-7-11-4-1-3-10(9-11)5-2-6-12(14)15/h1,3-4,9H,6-8,13H2,(H2,14,15). The molecule has 1 aromatic rings. The van der Waals surface area contributed by atoms with E-state index in [2.05, 4.69) is 11.8 Å². The summed E-state index contributed by atoms with van der Waals surface area (Å²) in [6.07, 6.45) is 0.937. The molecule has 0 atom stereocenters. The van der Waals surface area contributed by atoms with Crippen LogP contribution in [0.25, 0.3) is 0 Å². The Hall–Kier alpha value is -1.79. The summed E-state index contributed by atoms with van der Waals surface area (Å²) in [6.45, 7) is 0.623. The van der Waals surface area contributed by atoms with Crippen molar-refractivity contribution in [2.24, 2.45) is 11.5 Å². The maximum atomic E-state index is 10.5. The highest BCUT2D eigenvalue weighted by atomic mass is 16.1. The summed E-state index contributed by atoms with van der Waals surface area (Å²) in [7, 11) is 0. The largest absolute Gasteiger partial charge is 0.369 e. The van der Waals surface area contributed by atoms with Gasteiger partial charge in [0.1, 0.15) is 0 Å². The minimum atomic E-state index is -0.402. The fourth-order valence-corrected chi connectivity index (χ4v) is 1.20. The predicted octanol–water partition coefficient (Wildman–Crippen LogP) is 0.415. The van der Waals surface area contributed by atoms with Gasteiger partial charge >= 0.3 is 0 Å². The van der Waals surface area contributed by atoms with Crippen LogP contribution in [0.1, 0.15) is 17.5 Å². The third-order valence-electron chi connectivity index (χ3n) is 1.86. The Balaban J connectivity index is 2.71. The van der Waals surface area contributed by atoms with Crippen molar-refractivity contribution in [1.29, 1.82) is 0 Å². The van der Waals surface area contributed by atoms with Gasteiger partial charge in [0.2, 0.25) is 5.91 Å². The third-order valence-corrected chi connectivity index (χ3v) is 1.86. The molecule has 0 saturated carbocycles. The van der Waals surface area contributed by atoms with Gasteiger partial charge in [0, 0.05) is 5.56 Å². The minimum absolute atomic E-state index is 0.0983. The van der Waals surface area contributed by atoms with E-state index in [9.17, 15) is 4.79 Å². The molecule has 0 aliphatic carbocycles. The molecule has 78 valence electrons. The molecule has 4 N–H and O–H groups in total. The highest BCUT2D eigenvalue weighted by Gasteiger charge is 1.92. The van der Waals surface area contributed by atoms with Gasteiger partial charge in [-0.2, -0.15) is 0 Å². The van der Waals surface area contributed by atoms with E-state index in [1.54, 1.807) is 0 Å². The average Bonchev–Trinajstić information content (AvgIpc) is 2.18. The minimum Gasteiger partial charge on any atom is -0.369 e. The highest BCUT2D eigenvalue weighted by molar-refractivity contribution is 5.76. The van der Waals surface area contributed by atoms with E-state index in [0.717, 1.165) is 17.5 Å². The Labute approximate surface area is 89.5 Å². The summed E-state index contributed by atoms with van der Waals surface area (Å²) in [6, 6.07) is 7.81. The van der Waals surface area contributed by atoms with E-state index in [0.29, 0.717) is 6.54 Å². The van der Waals surface area contributed by atoms with Crippen molar-refractivity contribution < 1.29 is 4.79 Å². The first-order valence-corrected chi connectivity index (χ1v) is 4.78. The molecule has 3 nitrogen and oxygen atoms in total. The van der Waals surface area contributed by atoms with Crippen LogP contribution >= 0.6 is 0 Å². The molecule has 0 unspecified atom stereocenters. The van der Waals surface area contributed by atoms with E-state index >= 15 is 0 Å². The molecule has 0 spiro atoms. The van der Waals surface area contributed by atoms with Crippen LogP contribution in [-0.2, 0) is 11.2 Å². The van der Waals surface area contributed by atoms with Gasteiger partial charge in [0.15, 0.2) is 0 Å². The molecule has 0 aliphatic heterocycles. The molecule has 15 heavy (non-hydrogen) atoms. The monoisotopic (exact) mass is 202 g/mol. The molecule has 0 aromatic heterocycles. The third kappa shape index (κ3) is 4.30. The maximum absolute atomic E-state index is 10.5. The zero-order chi connectivity index (χ0) is 11.1. The second kappa shape index (κ2) is 5.84. The number of nitrogens with two attached hydrogens (primary N) is 2. The molecule has 0 aliphatic rings. The molecule has 3 heteroatoms. The van der Waals surface area contributed by atoms with Crippen LogP contribution in [0.4, 0.5) is 0 Å². The van der Waals surface area contributed by atoms with Crippen LogP contribution in [0.3, 0.4) is 0 Å². The number of hydrogen-bond donors (Lipinski definition) is 2. The first-order valence-electron chi connectivity index (χ1n) is 4.78. The number of benzene rings is 1. The summed E-state index contributed by atoms with van der Waals surface area (Å²) in [4.78, 5) is 10.5. The smallest absolute Gasteiger partial charge is 0.229 e. The summed E-state index contributed by atoms with van der Waals surface area (Å²) in [5.41, 5.74) is 12.5. The highest BCUT2D eigenvalue weighted by Crippen LogP contribution is 2.04. The fraction of sp³-hybridized carbons (Fsp3) is 0.250. The lowest BCUT2D eigenvalue weighted by molar-refractivity contribution is -0.117. The zero-order valence-electron chi connectivity index (χ0n) is 8.49. The molecule has 1 aromatic carbocycles. The molecule has 0 bridgehead atoms. The number of carbonyl (C=O) groups is 1. The van der Waals surface area contributed by atoms with Crippen LogP contribution in [0.15, 0.2) is 24.3 Å². The Morgan fingerprint density at radius 3 is 2.87 bits per heavy atom. The van der Waals surface area contributed by atoms with Crippen molar-refractivity contribution >= 4 is 5.91 Å². The van der Waals surface area contributed by atoms with Gasteiger partial charge in [0.25, 0.3) is 0 Å². The Morgan fingerprint density at radius 1 is 1.40 bits per heavy atom. The lowest BCUT2D eigenvalue weighted by Crippen LogP contribution is -2.08. The normalized spacial score (nSPS) is 9.13. The summed E-state index contributed by atoms with van der Waals surface area (Å²) in [5, 5.41) is 0. The molecule has 1 rings (SSSR count). The van der Waals surface area contributed by atoms with E-state index in [-0.39, 0.29) is 6.42 Å². The Kier molecular flexibility index (Phi) is 4.39. The van der Waals surface area contributed by atoms with Crippen LogP contribution < -0.4 is 11.5 Å². The summed E-state index contributed by atoms with van der Waals surface area (Å²) in [5.74, 6) is 5.20. The van der Waals surface area contributed by atoms with Crippen LogP contribution in [0.5, 0.6) is 0 Å². The number of primary amides is 1. The molecule has 1 amide bonds. The van der Waals surface area contributed by atoms with Gasteiger partial charge < -0.3 is 11.5 Å². The van der Waals surface area contributed by atoms with Crippen molar-refractivity contribution in [1.82, 2.24) is 0 Å².